The highest BCUT2D eigenvalue weighted by Gasteiger charge is 2.19. The molecule has 0 unspecified atom stereocenters. The zero-order valence-corrected chi connectivity index (χ0v) is 10.3. The first-order chi connectivity index (χ1) is 7.44. The third-order valence-electron chi connectivity index (χ3n) is 2.26. The number of hydrogen-bond acceptors (Lipinski definition) is 1. The first-order valence-electron chi connectivity index (χ1n) is 4.99. The van der Waals surface area contributed by atoms with Crippen LogP contribution in [0.3, 0.4) is 0 Å². The fourth-order valence-electron chi connectivity index (χ4n) is 1.42. The molecule has 0 fully saturated rings. The fourth-order valence-corrected chi connectivity index (χ4v) is 1.54. The van der Waals surface area contributed by atoms with Crippen LogP contribution in [0.1, 0.15) is 10.4 Å². The summed E-state index contributed by atoms with van der Waals surface area (Å²) < 4.78 is 0.498. The maximum Gasteiger partial charge on any atom is 0.216 e. The predicted molar refractivity (Wildman–Crippen MR) is 66.5 cm³/mol. The minimum atomic E-state index is 0.0805. The van der Waals surface area contributed by atoms with Gasteiger partial charge in [-0.2, -0.15) is 0 Å². The molecular formula is C13H15ClNO+. The molecule has 0 spiro atoms. The molecule has 84 valence electrons. The van der Waals surface area contributed by atoms with Crippen LogP contribution in [0.2, 0.25) is 5.02 Å². The number of nitrogens with zero attached hydrogens (tertiary/aromatic N) is 1. The van der Waals surface area contributed by atoms with E-state index in [1.165, 1.54) is 0 Å². The molecule has 0 heterocycles. The van der Waals surface area contributed by atoms with Gasteiger partial charge < -0.3 is 4.48 Å². The summed E-state index contributed by atoms with van der Waals surface area (Å²) in [5.41, 5.74) is 0.674. The molecule has 0 saturated heterocycles. The van der Waals surface area contributed by atoms with E-state index in [-0.39, 0.29) is 5.78 Å². The summed E-state index contributed by atoms with van der Waals surface area (Å²) in [5, 5.41) is 0.633. The molecule has 2 nitrogen and oxygen atoms in total. The number of terminal acetylenes is 1. The third kappa shape index (κ3) is 3.69. The van der Waals surface area contributed by atoms with Gasteiger partial charge in [0.25, 0.3) is 0 Å². The second-order valence-corrected chi connectivity index (χ2v) is 4.82. The molecule has 0 bridgehead atoms. The van der Waals surface area contributed by atoms with E-state index in [2.05, 4.69) is 5.92 Å². The van der Waals surface area contributed by atoms with Crippen LogP contribution in [0, 0.1) is 12.3 Å². The quantitative estimate of drug-likeness (QED) is 0.445. The number of carbonyl (C=O) groups is 1. The lowest BCUT2D eigenvalue weighted by molar-refractivity contribution is -0.874. The van der Waals surface area contributed by atoms with E-state index in [0.29, 0.717) is 28.2 Å². The van der Waals surface area contributed by atoms with Crippen LogP contribution in [0.25, 0.3) is 0 Å². The lowest BCUT2D eigenvalue weighted by Gasteiger charge is -2.26. The van der Waals surface area contributed by atoms with Crippen molar-refractivity contribution >= 4 is 17.4 Å². The van der Waals surface area contributed by atoms with Gasteiger partial charge in [-0.1, -0.05) is 11.6 Å². The number of halogens is 1. The van der Waals surface area contributed by atoms with Crippen molar-refractivity contribution in [1.82, 2.24) is 0 Å². The van der Waals surface area contributed by atoms with Gasteiger partial charge in [0.2, 0.25) is 5.78 Å². The van der Waals surface area contributed by atoms with Gasteiger partial charge in [-0.25, -0.2) is 0 Å². The summed E-state index contributed by atoms with van der Waals surface area (Å²) in [5.74, 6) is 2.65. The Morgan fingerprint density at radius 3 is 2.44 bits per heavy atom. The van der Waals surface area contributed by atoms with E-state index in [4.69, 9.17) is 18.0 Å². The number of carbonyl (C=O) groups excluding carboxylic acids is 1. The fraction of sp³-hybridized carbons (Fsp3) is 0.308. The normalized spacial score (nSPS) is 10.9. The van der Waals surface area contributed by atoms with Gasteiger partial charge in [0.1, 0.15) is 13.1 Å². The first-order valence-corrected chi connectivity index (χ1v) is 5.37. The van der Waals surface area contributed by atoms with E-state index < -0.39 is 0 Å². The third-order valence-corrected chi connectivity index (χ3v) is 2.51. The summed E-state index contributed by atoms with van der Waals surface area (Å²) in [6.45, 7) is 0.936. The van der Waals surface area contributed by atoms with E-state index >= 15 is 0 Å². The number of ketones is 1. The highest BCUT2D eigenvalue weighted by Crippen LogP contribution is 2.11. The smallest absolute Gasteiger partial charge is 0.216 e. The SMILES string of the molecule is C#CC[N+](C)(C)CC(=O)c1ccc(Cl)cc1. The minimum Gasteiger partial charge on any atom is -0.312 e. The molecule has 0 aromatic heterocycles. The first kappa shape index (κ1) is 12.8. The Labute approximate surface area is 101 Å². The molecule has 0 aliphatic heterocycles. The van der Waals surface area contributed by atoms with Crippen molar-refractivity contribution in [3.8, 4) is 12.3 Å². The van der Waals surface area contributed by atoms with Gasteiger partial charge in [-0.3, -0.25) is 4.79 Å². The van der Waals surface area contributed by atoms with Gasteiger partial charge in [0.15, 0.2) is 0 Å². The van der Waals surface area contributed by atoms with Gasteiger partial charge in [-0.05, 0) is 30.2 Å². The summed E-state index contributed by atoms with van der Waals surface area (Å²) in [4.78, 5) is 11.9. The zero-order chi connectivity index (χ0) is 12.2. The van der Waals surface area contributed by atoms with Gasteiger partial charge in [0.05, 0.1) is 14.1 Å². The summed E-state index contributed by atoms with van der Waals surface area (Å²) in [6, 6.07) is 6.91. The van der Waals surface area contributed by atoms with Crippen LogP contribution >= 0.6 is 11.6 Å². The van der Waals surface area contributed by atoms with Crippen molar-refractivity contribution in [3.63, 3.8) is 0 Å². The minimum absolute atomic E-state index is 0.0805. The maximum atomic E-state index is 11.9. The summed E-state index contributed by atoms with van der Waals surface area (Å²) in [6.07, 6.45) is 5.25. The molecule has 0 radical (unpaired) electrons. The molecule has 0 N–H and O–H groups in total. The number of quaternary nitrogens is 1. The van der Waals surface area contributed by atoms with E-state index in [1.807, 2.05) is 14.1 Å². The highest BCUT2D eigenvalue weighted by atomic mass is 35.5. The Kier molecular flexibility index (Phi) is 4.12. The van der Waals surface area contributed by atoms with Gasteiger partial charge >= 0.3 is 0 Å². The Morgan fingerprint density at radius 2 is 1.94 bits per heavy atom. The lowest BCUT2D eigenvalue weighted by Crippen LogP contribution is -2.44. The molecular weight excluding hydrogens is 222 g/mol. The number of hydrogen-bond donors (Lipinski definition) is 0. The van der Waals surface area contributed by atoms with E-state index in [0.717, 1.165) is 0 Å². The topological polar surface area (TPSA) is 17.1 Å². The Morgan fingerprint density at radius 1 is 1.38 bits per heavy atom. The molecule has 1 aromatic carbocycles. The number of Topliss-reactive ketones (excluding diaryl/α,β-unsaturated/α-hetero) is 1. The van der Waals surface area contributed by atoms with Crippen LogP contribution < -0.4 is 0 Å². The Hall–Kier alpha value is -1.30. The molecule has 0 aliphatic rings. The Bertz CT molecular complexity index is 415. The van der Waals surface area contributed by atoms with Crippen LogP contribution in [0.5, 0.6) is 0 Å². The number of benzene rings is 1. The molecule has 16 heavy (non-hydrogen) atoms. The standard InChI is InChI=1S/C13H15ClNO/c1-4-9-15(2,3)10-13(16)11-5-7-12(14)8-6-11/h1,5-8H,9-10H2,2-3H3/q+1. The van der Waals surface area contributed by atoms with Crippen LogP contribution in [0.15, 0.2) is 24.3 Å². The van der Waals surface area contributed by atoms with Gasteiger partial charge in [-0.15, -0.1) is 6.42 Å². The molecule has 1 rings (SSSR count). The van der Waals surface area contributed by atoms with Crippen LogP contribution in [-0.4, -0.2) is 37.5 Å². The van der Waals surface area contributed by atoms with Crippen molar-refractivity contribution in [2.45, 2.75) is 0 Å². The van der Waals surface area contributed by atoms with Crippen LogP contribution in [0.4, 0.5) is 0 Å². The monoisotopic (exact) mass is 236 g/mol. The maximum absolute atomic E-state index is 11.9. The summed E-state index contributed by atoms with van der Waals surface area (Å²) >= 11 is 5.76. The average molecular weight is 237 g/mol. The molecule has 0 amide bonds. The molecule has 1 aromatic rings. The molecule has 0 atom stereocenters. The Balaban J connectivity index is 2.73. The molecule has 3 heteroatoms. The second-order valence-electron chi connectivity index (χ2n) is 4.39. The van der Waals surface area contributed by atoms with Gasteiger partial charge in [0, 0.05) is 10.6 Å². The van der Waals surface area contributed by atoms with Crippen LogP contribution in [-0.2, 0) is 0 Å². The van der Waals surface area contributed by atoms with E-state index in [9.17, 15) is 4.79 Å². The number of likely N-dealkylation sites (N-methyl/N-ethyl adjacent to an activating group) is 1. The lowest BCUT2D eigenvalue weighted by atomic mass is 10.1. The van der Waals surface area contributed by atoms with Crippen molar-refractivity contribution in [2.75, 3.05) is 27.2 Å². The second kappa shape index (κ2) is 5.16. The van der Waals surface area contributed by atoms with E-state index in [1.54, 1.807) is 24.3 Å². The zero-order valence-electron chi connectivity index (χ0n) is 9.53. The highest BCUT2D eigenvalue weighted by molar-refractivity contribution is 6.30. The molecule has 0 saturated carbocycles. The average Bonchev–Trinajstić information content (AvgIpc) is 2.17. The predicted octanol–water partition coefficient (Wildman–Crippen LogP) is 2.23. The molecule has 0 aliphatic carbocycles. The largest absolute Gasteiger partial charge is 0.312 e. The van der Waals surface area contributed by atoms with Crippen molar-refractivity contribution < 1.29 is 9.28 Å². The number of rotatable bonds is 4. The van der Waals surface area contributed by atoms with Crippen molar-refractivity contribution in [3.05, 3.63) is 34.9 Å². The summed E-state index contributed by atoms with van der Waals surface area (Å²) in [7, 11) is 3.88. The van der Waals surface area contributed by atoms with Crippen molar-refractivity contribution in [2.24, 2.45) is 0 Å². The van der Waals surface area contributed by atoms with Crippen molar-refractivity contribution in [1.29, 1.82) is 0 Å².